The smallest absolute Gasteiger partial charge is 0.261 e. The van der Waals surface area contributed by atoms with Gasteiger partial charge in [0, 0.05) is 15.5 Å². The number of nitrogens with zero attached hydrogens (tertiary/aromatic N) is 1. The zero-order valence-electron chi connectivity index (χ0n) is 14.2. The van der Waals surface area contributed by atoms with Crippen LogP contribution >= 0.6 is 15.9 Å². The standard InChI is InChI=1S/C22H15BrN2O2/c23-16-10-12-18(13-11-16)25-22-19(14-15-6-4-5-9-20(15)27-22)21(26)24-17-7-2-1-3-8-17/h1-14H,(H,24,26). The van der Waals surface area contributed by atoms with Crippen LogP contribution in [0, 0.1) is 0 Å². The van der Waals surface area contributed by atoms with Crippen molar-refractivity contribution in [3.63, 3.8) is 0 Å². The van der Waals surface area contributed by atoms with Crippen LogP contribution in [0.5, 0.6) is 0 Å². The van der Waals surface area contributed by atoms with Crippen LogP contribution in [-0.4, -0.2) is 5.91 Å². The quantitative estimate of drug-likeness (QED) is 0.465. The van der Waals surface area contributed by atoms with Gasteiger partial charge in [-0.05, 0) is 48.5 Å². The summed E-state index contributed by atoms with van der Waals surface area (Å²) < 4.78 is 6.90. The van der Waals surface area contributed by atoms with Crippen molar-refractivity contribution in [3.8, 4) is 0 Å². The van der Waals surface area contributed by atoms with Crippen molar-refractivity contribution in [2.24, 2.45) is 4.99 Å². The second-order valence-electron chi connectivity index (χ2n) is 5.91. The van der Waals surface area contributed by atoms with E-state index in [-0.39, 0.29) is 11.5 Å². The normalized spacial score (nSPS) is 11.5. The minimum absolute atomic E-state index is 0.268. The Bertz CT molecular complexity index is 1170. The molecule has 27 heavy (non-hydrogen) atoms. The van der Waals surface area contributed by atoms with Crippen molar-refractivity contribution >= 4 is 44.2 Å². The first-order valence-electron chi connectivity index (χ1n) is 8.39. The number of amides is 1. The third kappa shape index (κ3) is 3.99. The maximum atomic E-state index is 12.9. The van der Waals surface area contributed by atoms with E-state index in [1.54, 1.807) is 6.07 Å². The van der Waals surface area contributed by atoms with Crippen LogP contribution in [0.25, 0.3) is 11.0 Å². The summed E-state index contributed by atoms with van der Waals surface area (Å²) in [5.41, 5.74) is 2.73. The Morgan fingerprint density at radius 1 is 0.889 bits per heavy atom. The van der Waals surface area contributed by atoms with E-state index in [0.29, 0.717) is 22.5 Å². The molecule has 1 heterocycles. The Labute approximate surface area is 164 Å². The molecule has 4 rings (SSSR count). The SMILES string of the molecule is O=C(Nc1ccccc1)c1cc2ccccc2oc1=Nc1ccc(Br)cc1. The van der Waals surface area contributed by atoms with Gasteiger partial charge in [0.25, 0.3) is 5.91 Å². The lowest BCUT2D eigenvalue weighted by molar-refractivity contribution is 0.102. The highest BCUT2D eigenvalue weighted by Gasteiger charge is 2.13. The van der Waals surface area contributed by atoms with E-state index in [4.69, 9.17) is 4.42 Å². The van der Waals surface area contributed by atoms with Crippen LogP contribution in [0.2, 0.25) is 0 Å². The highest BCUT2D eigenvalue weighted by molar-refractivity contribution is 9.10. The van der Waals surface area contributed by atoms with E-state index in [2.05, 4.69) is 26.2 Å². The molecule has 0 unspecified atom stereocenters. The molecule has 0 aliphatic carbocycles. The summed E-state index contributed by atoms with van der Waals surface area (Å²) in [6.07, 6.45) is 0. The van der Waals surface area contributed by atoms with Gasteiger partial charge in [0.1, 0.15) is 11.1 Å². The lowest BCUT2D eigenvalue weighted by Crippen LogP contribution is -2.21. The second-order valence-corrected chi connectivity index (χ2v) is 6.83. The number of anilines is 1. The fourth-order valence-corrected chi connectivity index (χ4v) is 2.93. The average Bonchev–Trinajstić information content (AvgIpc) is 2.70. The molecule has 1 aromatic heterocycles. The monoisotopic (exact) mass is 418 g/mol. The molecule has 1 amide bonds. The number of benzene rings is 3. The number of nitrogens with one attached hydrogen (secondary N) is 1. The Hall–Kier alpha value is -3.18. The highest BCUT2D eigenvalue weighted by Crippen LogP contribution is 2.18. The van der Waals surface area contributed by atoms with E-state index >= 15 is 0 Å². The van der Waals surface area contributed by atoms with Crippen LogP contribution in [0.4, 0.5) is 11.4 Å². The number of carbonyl (C=O) groups excluding carboxylic acids is 1. The van der Waals surface area contributed by atoms with Gasteiger partial charge in [-0.15, -0.1) is 0 Å². The first-order chi connectivity index (χ1) is 13.2. The number of hydrogen-bond acceptors (Lipinski definition) is 3. The van der Waals surface area contributed by atoms with Crippen LogP contribution in [0.1, 0.15) is 10.4 Å². The Balaban J connectivity index is 1.84. The van der Waals surface area contributed by atoms with Gasteiger partial charge in [-0.25, -0.2) is 4.99 Å². The van der Waals surface area contributed by atoms with Crippen LogP contribution in [0.3, 0.4) is 0 Å². The molecular formula is C22H15BrN2O2. The van der Waals surface area contributed by atoms with Crippen molar-refractivity contribution in [2.45, 2.75) is 0 Å². The molecule has 132 valence electrons. The summed E-state index contributed by atoms with van der Waals surface area (Å²) in [6.45, 7) is 0. The van der Waals surface area contributed by atoms with Gasteiger partial charge in [-0.2, -0.15) is 0 Å². The third-order valence-electron chi connectivity index (χ3n) is 3.99. The zero-order chi connectivity index (χ0) is 18.6. The molecule has 0 aliphatic rings. The van der Waals surface area contributed by atoms with Gasteiger partial charge in [0.15, 0.2) is 0 Å². The molecule has 0 saturated heterocycles. The van der Waals surface area contributed by atoms with Crippen molar-refractivity contribution in [3.05, 3.63) is 101 Å². The van der Waals surface area contributed by atoms with E-state index in [9.17, 15) is 4.79 Å². The highest BCUT2D eigenvalue weighted by atomic mass is 79.9. The predicted molar refractivity (Wildman–Crippen MR) is 110 cm³/mol. The molecule has 5 heteroatoms. The summed E-state index contributed by atoms with van der Waals surface area (Å²) in [6, 6.07) is 26.2. The van der Waals surface area contributed by atoms with E-state index in [1.165, 1.54) is 0 Å². The second kappa shape index (κ2) is 7.60. The Kier molecular flexibility index (Phi) is 4.85. The molecule has 4 nitrogen and oxygen atoms in total. The van der Waals surface area contributed by atoms with Crippen LogP contribution < -0.4 is 10.9 Å². The van der Waals surface area contributed by atoms with E-state index in [1.807, 2.05) is 78.9 Å². The summed E-state index contributed by atoms with van der Waals surface area (Å²) in [5, 5.41) is 3.73. The summed E-state index contributed by atoms with van der Waals surface area (Å²) in [5.74, 6) is -0.272. The first kappa shape index (κ1) is 17.2. The third-order valence-corrected chi connectivity index (χ3v) is 4.52. The van der Waals surface area contributed by atoms with Crippen LogP contribution in [0.15, 0.2) is 98.8 Å². The van der Waals surface area contributed by atoms with Crippen molar-refractivity contribution < 1.29 is 9.21 Å². The van der Waals surface area contributed by atoms with Gasteiger partial charge in [0.05, 0.1) is 5.69 Å². The largest absolute Gasteiger partial charge is 0.438 e. The molecule has 0 atom stereocenters. The number of halogens is 1. The first-order valence-corrected chi connectivity index (χ1v) is 9.18. The minimum atomic E-state index is -0.272. The van der Waals surface area contributed by atoms with Gasteiger partial charge < -0.3 is 9.73 Å². The van der Waals surface area contributed by atoms with Crippen molar-refractivity contribution in [2.75, 3.05) is 5.32 Å². The molecule has 3 aromatic carbocycles. The number of carbonyl (C=O) groups is 1. The Morgan fingerprint density at radius 3 is 2.37 bits per heavy atom. The summed E-state index contributed by atoms with van der Waals surface area (Å²) in [7, 11) is 0. The van der Waals surface area contributed by atoms with E-state index < -0.39 is 0 Å². The maximum Gasteiger partial charge on any atom is 0.261 e. The fourth-order valence-electron chi connectivity index (χ4n) is 2.67. The van der Waals surface area contributed by atoms with Crippen molar-refractivity contribution in [1.82, 2.24) is 0 Å². The number of rotatable bonds is 3. The number of para-hydroxylation sites is 2. The lowest BCUT2D eigenvalue weighted by atomic mass is 10.1. The van der Waals surface area contributed by atoms with Crippen LogP contribution in [-0.2, 0) is 0 Å². The Morgan fingerprint density at radius 2 is 1.59 bits per heavy atom. The lowest BCUT2D eigenvalue weighted by Gasteiger charge is -2.07. The van der Waals surface area contributed by atoms with E-state index in [0.717, 1.165) is 9.86 Å². The molecule has 0 radical (unpaired) electrons. The van der Waals surface area contributed by atoms with Gasteiger partial charge in [0.2, 0.25) is 5.55 Å². The number of fused-ring (bicyclic) bond motifs is 1. The molecule has 0 aliphatic heterocycles. The zero-order valence-corrected chi connectivity index (χ0v) is 15.8. The maximum absolute atomic E-state index is 12.9. The van der Waals surface area contributed by atoms with Gasteiger partial charge >= 0.3 is 0 Å². The topological polar surface area (TPSA) is 54.6 Å². The predicted octanol–water partition coefficient (Wildman–Crippen LogP) is 5.68. The summed E-state index contributed by atoms with van der Waals surface area (Å²) >= 11 is 3.41. The van der Waals surface area contributed by atoms with Gasteiger partial charge in [-0.1, -0.05) is 52.3 Å². The fraction of sp³-hybridized carbons (Fsp3) is 0. The number of hydrogen-bond donors (Lipinski definition) is 1. The molecule has 0 spiro atoms. The molecule has 0 saturated carbocycles. The molecular weight excluding hydrogens is 404 g/mol. The molecule has 1 N–H and O–H groups in total. The summed E-state index contributed by atoms with van der Waals surface area (Å²) in [4.78, 5) is 17.4. The minimum Gasteiger partial charge on any atom is -0.438 e. The van der Waals surface area contributed by atoms with Gasteiger partial charge in [-0.3, -0.25) is 4.79 Å². The van der Waals surface area contributed by atoms with Crippen molar-refractivity contribution in [1.29, 1.82) is 0 Å². The molecule has 4 aromatic rings. The average molecular weight is 419 g/mol. The molecule has 0 bridgehead atoms. The molecule has 0 fully saturated rings.